The van der Waals surface area contributed by atoms with Crippen LogP contribution in [0.15, 0.2) is 79.9 Å². The number of rotatable bonds is 3. The number of allylic oxidation sites excluding steroid dienone is 4. The van der Waals surface area contributed by atoms with E-state index >= 15 is 0 Å². The third kappa shape index (κ3) is 3.11. The second-order valence-electron chi connectivity index (χ2n) is 3.57. The van der Waals surface area contributed by atoms with Crippen molar-refractivity contribution in [1.82, 2.24) is 0 Å². The number of diazo groups is 1. The van der Waals surface area contributed by atoms with Gasteiger partial charge in [0.15, 0.2) is 5.10 Å². The number of benzene rings is 1. The van der Waals surface area contributed by atoms with Crippen LogP contribution in [0.4, 0.5) is 5.69 Å². The molecule has 20 heavy (non-hydrogen) atoms. The molecule has 0 radical (unpaired) electrons. The summed E-state index contributed by atoms with van der Waals surface area (Å²) in [5.74, 6) is 0. The average molecular weight is 265 g/mol. The molecule has 2 rings (SSSR count). The summed E-state index contributed by atoms with van der Waals surface area (Å²) in [7, 11) is 0. The molecular formula is C12H9N8+. The van der Waals surface area contributed by atoms with Gasteiger partial charge in [0.1, 0.15) is 11.4 Å². The lowest BCUT2D eigenvalue weighted by Gasteiger charge is -2.03. The molecule has 0 spiro atoms. The Kier molecular flexibility index (Phi) is 4.29. The van der Waals surface area contributed by atoms with Crippen molar-refractivity contribution in [3.63, 3.8) is 0 Å². The highest BCUT2D eigenvalue weighted by molar-refractivity contribution is 6.52. The van der Waals surface area contributed by atoms with Crippen LogP contribution >= 0.6 is 0 Å². The van der Waals surface area contributed by atoms with Crippen LogP contribution in [0.3, 0.4) is 0 Å². The van der Waals surface area contributed by atoms with Gasteiger partial charge >= 0.3 is 5.08 Å². The standard InChI is InChI=1S/C12H9N8/c13-19-17-11-8-4-7-10(12(11)18-20-14)16-15-9-5-2-1-3-6-9/h1-8,13H/q+1. The Hall–Kier alpha value is -3.34. The topological polar surface area (TPSA) is 114 Å². The van der Waals surface area contributed by atoms with Crippen LogP contribution in [-0.4, -0.2) is 11.4 Å². The van der Waals surface area contributed by atoms with E-state index in [2.05, 4.69) is 30.7 Å². The van der Waals surface area contributed by atoms with E-state index in [9.17, 15) is 0 Å². The van der Waals surface area contributed by atoms with Crippen LogP contribution in [0.5, 0.6) is 0 Å². The van der Waals surface area contributed by atoms with Gasteiger partial charge in [-0.1, -0.05) is 29.5 Å². The van der Waals surface area contributed by atoms with Crippen molar-refractivity contribution in [2.75, 3.05) is 0 Å². The number of hydrogen-bond donors (Lipinski definition) is 1. The lowest BCUT2D eigenvalue weighted by Crippen LogP contribution is -2.15. The summed E-state index contributed by atoms with van der Waals surface area (Å²) in [4.78, 5) is 0. The quantitative estimate of drug-likeness (QED) is 0.380. The summed E-state index contributed by atoms with van der Waals surface area (Å²) in [6.45, 7) is 0. The van der Waals surface area contributed by atoms with Crippen molar-refractivity contribution in [2.24, 2.45) is 25.7 Å². The van der Waals surface area contributed by atoms with E-state index in [4.69, 9.17) is 10.9 Å². The fourth-order valence-electron chi connectivity index (χ4n) is 1.49. The maximum absolute atomic E-state index is 8.59. The highest BCUT2D eigenvalue weighted by atomic mass is 15.3. The molecule has 1 aliphatic carbocycles. The summed E-state index contributed by atoms with van der Waals surface area (Å²) in [5.41, 5.74) is 8.23. The van der Waals surface area contributed by atoms with Crippen LogP contribution in [0.2, 0.25) is 0 Å². The van der Waals surface area contributed by atoms with E-state index in [1.165, 1.54) is 0 Å². The summed E-state index contributed by atoms with van der Waals surface area (Å²) < 4.78 is 0. The predicted octanol–water partition coefficient (Wildman–Crippen LogP) is 3.82. The highest BCUT2D eigenvalue weighted by Gasteiger charge is 2.20. The maximum Gasteiger partial charge on any atom is 0.339 e. The smallest absolute Gasteiger partial charge is 0.185 e. The second kappa shape index (κ2) is 6.55. The zero-order valence-electron chi connectivity index (χ0n) is 10.2. The van der Waals surface area contributed by atoms with Crippen molar-refractivity contribution in [3.05, 3.63) is 59.3 Å². The molecule has 0 heterocycles. The minimum atomic E-state index is 0.186. The summed E-state index contributed by atoms with van der Waals surface area (Å²) in [6, 6.07) is 9.15. The Morgan fingerprint density at radius 3 is 2.60 bits per heavy atom. The van der Waals surface area contributed by atoms with Gasteiger partial charge in [0.05, 0.1) is 5.69 Å². The minimum absolute atomic E-state index is 0.186. The van der Waals surface area contributed by atoms with E-state index < -0.39 is 0 Å². The van der Waals surface area contributed by atoms with Crippen molar-refractivity contribution < 1.29 is 0 Å². The number of azo groups is 1. The summed E-state index contributed by atoms with van der Waals surface area (Å²) in [5, 5.41) is 29.4. The number of hydrogen-bond acceptors (Lipinski definition) is 6. The van der Waals surface area contributed by atoms with Gasteiger partial charge < -0.3 is 0 Å². The zero-order valence-corrected chi connectivity index (χ0v) is 10.2. The Labute approximate surface area is 114 Å². The molecule has 1 aromatic rings. The van der Waals surface area contributed by atoms with Gasteiger partial charge in [-0.05, 0) is 24.3 Å². The van der Waals surface area contributed by atoms with Crippen molar-refractivity contribution in [3.8, 4) is 0 Å². The largest absolute Gasteiger partial charge is 0.339 e. The second-order valence-corrected chi connectivity index (χ2v) is 3.57. The van der Waals surface area contributed by atoms with E-state index in [1.807, 2.05) is 18.2 Å². The van der Waals surface area contributed by atoms with Gasteiger partial charge in [-0.2, -0.15) is 10.6 Å². The highest BCUT2D eigenvalue weighted by Crippen LogP contribution is 2.16. The molecule has 8 nitrogen and oxygen atoms in total. The molecule has 1 aromatic carbocycles. The van der Waals surface area contributed by atoms with E-state index in [-0.39, 0.29) is 11.4 Å². The molecule has 1 aliphatic rings. The average Bonchev–Trinajstić information content (AvgIpc) is 2.49. The van der Waals surface area contributed by atoms with Crippen LogP contribution in [0.25, 0.3) is 5.08 Å². The first-order valence-corrected chi connectivity index (χ1v) is 5.57. The fraction of sp³-hybridized carbons (Fsp3) is 0. The van der Waals surface area contributed by atoms with Gasteiger partial charge in [0.2, 0.25) is 5.71 Å². The van der Waals surface area contributed by atoms with Crippen LogP contribution in [0, 0.1) is 10.9 Å². The summed E-state index contributed by atoms with van der Waals surface area (Å²) in [6.07, 6.45) is 4.88. The first kappa shape index (κ1) is 13.1. The molecule has 0 unspecified atom stereocenters. The van der Waals surface area contributed by atoms with Crippen LogP contribution in [-0.2, 0) is 0 Å². The third-order valence-electron chi connectivity index (χ3n) is 2.33. The van der Waals surface area contributed by atoms with Crippen molar-refractivity contribution in [1.29, 1.82) is 10.9 Å². The van der Waals surface area contributed by atoms with Crippen molar-refractivity contribution in [2.45, 2.75) is 0 Å². The Morgan fingerprint density at radius 2 is 1.90 bits per heavy atom. The van der Waals surface area contributed by atoms with Gasteiger partial charge in [-0.3, -0.25) is 0 Å². The third-order valence-corrected chi connectivity index (χ3v) is 2.33. The number of nitrogens with one attached hydrogen (secondary N) is 1. The first-order chi connectivity index (χ1) is 9.85. The van der Waals surface area contributed by atoms with Crippen LogP contribution < -0.4 is 0 Å². The molecule has 0 atom stereocenters. The summed E-state index contributed by atoms with van der Waals surface area (Å²) >= 11 is 0. The number of nitrogens with zero attached hydrogens (tertiary/aromatic N) is 7. The Balaban J connectivity index is 2.33. The maximum atomic E-state index is 8.59. The molecule has 0 fully saturated rings. The SMILES string of the molecule is N#[N+]N=C1C(N=Nc2ccccc2)=CC=CC1=NN=N. The minimum Gasteiger partial charge on any atom is -0.185 e. The molecule has 0 saturated heterocycles. The van der Waals surface area contributed by atoms with E-state index in [0.29, 0.717) is 11.4 Å². The Bertz CT molecular complexity index is 688. The molecule has 0 saturated carbocycles. The molecule has 0 aromatic heterocycles. The predicted molar refractivity (Wildman–Crippen MR) is 73.3 cm³/mol. The van der Waals surface area contributed by atoms with E-state index in [0.717, 1.165) is 0 Å². The normalized spacial score (nSPS) is 18.2. The van der Waals surface area contributed by atoms with Crippen LogP contribution in [0.1, 0.15) is 0 Å². The van der Waals surface area contributed by atoms with Gasteiger partial charge in [-0.25, -0.2) is 0 Å². The fourth-order valence-corrected chi connectivity index (χ4v) is 1.49. The molecule has 0 amide bonds. The zero-order chi connectivity index (χ0) is 14.2. The lowest BCUT2D eigenvalue weighted by atomic mass is 10.1. The first-order valence-electron chi connectivity index (χ1n) is 5.57. The Morgan fingerprint density at radius 1 is 1.10 bits per heavy atom. The monoisotopic (exact) mass is 265 g/mol. The van der Waals surface area contributed by atoms with Gasteiger partial charge in [0, 0.05) is 0 Å². The van der Waals surface area contributed by atoms with Gasteiger partial charge in [-0.15, -0.1) is 10.2 Å². The molecule has 0 aliphatic heterocycles. The molecule has 96 valence electrons. The molecular weight excluding hydrogens is 256 g/mol. The molecule has 8 heteroatoms. The lowest BCUT2D eigenvalue weighted by molar-refractivity contribution is 0.993. The van der Waals surface area contributed by atoms with E-state index in [1.54, 1.807) is 30.4 Å². The van der Waals surface area contributed by atoms with Gasteiger partial charge in [0.25, 0.3) is 5.39 Å². The molecule has 1 N–H and O–H groups in total. The molecule has 0 bridgehead atoms. The van der Waals surface area contributed by atoms with Crippen molar-refractivity contribution >= 4 is 17.1 Å².